The summed E-state index contributed by atoms with van der Waals surface area (Å²) in [5, 5.41) is 8.72. The van der Waals surface area contributed by atoms with Crippen LogP contribution < -0.4 is 15.2 Å². The largest absolute Gasteiger partial charge is 0.493 e. The summed E-state index contributed by atoms with van der Waals surface area (Å²) in [7, 11) is 2.39. The molecule has 0 radical (unpaired) electrons. The van der Waals surface area contributed by atoms with Crippen molar-refractivity contribution in [2.45, 2.75) is 6.04 Å². The second kappa shape index (κ2) is 4.96. The van der Waals surface area contributed by atoms with Gasteiger partial charge >= 0.3 is 5.97 Å². The number of nitrogens with two attached hydrogens (primary N) is 1. The van der Waals surface area contributed by atoms with E-state index < -0.39 is 29.2 Å². The Kier molecular flexibility index (Phi) is 3.84. The number of halogens is 2. The van der Waals surface area contributed by atoms with Crippen molar-refractivity contribution in [3.8, 4) is 11.5 Å². The van der Waals surface area contributed by atoms with Crippen molar-refractivity contribution >= 4 is 5.97 Å². The summed E-state index contributed by atoms with van der Waals surface area (Å²) in [6, 6.07) is -0.985. The van der Waals surface area contributed by atoms with Crippen LogP contribution in [-0.4, -0.2) is 25.3 Å². The summed E-state index contributed by atoms with van der Waals surface area (Å²) >= 11 is 0. The fraction of sp³-hybridized carbons (Fsp3) is 0.300. The number of hydrogen-bond acceptors (Lipinski definition) is 4. The zero-order valence-corrected chi connectivity index (χ0v) is 9.16. The van der Waals surface area contributed by atoms with Gasteiger partial charge in [0.15, 0.2) is 23.1 Å². The van der Waals surface area contributed by atoms with Crippen molar-refractivity contribution in [2.75, 3.05) is 14.2 Å². The molecule has 1 aromatic rings. The highest BCUT2D eigenvalue weighted by atomic mass is 19.2. The monoisotopic (exact) mass is 247 g/mol. The lowest BCUT2D eigenvalue weighted by Crippen LogP contribution is -2.23. The number of ether oxygens (including phenoxy) is 2. The van der Waals surface area contributed by atoms with E-state index in [2.05, 4.69) is 0 Å². The molecule has 0 amide bonds. The van der Waals surface area contributed by atoms with Gasteiger partial charge in [-0.25, -0.2) is 8.78 Å². The Balaban J connectivity index is 3.53. The SMILES string of the molecule is COc1cc(F)c(F)c(C(N)C(=O)O)c1OC. The number of aliphatic carboxylic acids is 1. The van der Waals surface area contributed by atoms with Crippen molar-refractivity contribution < 1.29 is 28.2 Å². The van der Waals surface area contributed by atoms with Gasteiger partial charge in [-0.1, -0.05) is 0 Å². The first kappa shape index (κ1) is 13.2. The minimum Gasteiger partial charge on any atom is -0.493 e. The Morgan fingerprint density at radius 1 is 1.41 bits per heavy atom. The van der Waals surface area contributed by atoms with Crippen molar-refractivity contribution in [3.05, 3.63) is 23.3 Å². The van der Waals surface area contributed by atoms with E-state index in [9.17, 15) is 13.6 Å². The number of carbonyl (C=O) groups is 1. The smallest absolute Gasteiger partial charge is 0.325 e. The van der Waals surface area contributed by atoms with Crippen LogP contribution in [0.15, 0.2) is 6.07 Å². The van der Waals surface area contributed by atoms with Gasteiger partial charge in [-0.2, -0.15) is 0 Å². The molecule has 0 fully saturated rings. The van der Waals surface area contributed by atoms with Gasteiger partial charge in [0.05, 0.1) is 19.8 Å². The number of rotatable bonds is 4. The van der Waals surface area contributed by atoms with Gasteiger partial charge < -0.3 is 20.3 Å². The third-order valence-electron chi connectivity index (χ3n) is 2.17. The maximum Gasteiger partial charge on any atom is 0.325 e. The lowest BCUT2D eigenvalue weighted by Gasteiger charge is -2.16. The van der Waals surface area contributed by atoms with Gasteiger partial charge in [-0.15, -0.1) is 0 Å². The molecule has 0 aliphatic carbocycles. The molecule has 0 heterocycles. The quantitative estimate of drug-likeness (QED) is 0.831. The first-order chi connectivity index (χ1) is 7.93. The van der Waals surface area contributed by atoms with Gasteiger partial charge in [0, 0.05) is 6.07 Å². The van der Waals surface area contributed by atoms with Gasteiger partial charge in [-0.05, 0) is 0 Å². The second-order valence-corrected chi connectivity index (χ2v) is 3.14. The summed E-state index contributed by atoms with van der Waals surface area (Å²) in [5.74, 6) is -4.49. The van der Waals surface area contributed by atoms with Crippen LogP contribution in [0.25, 0.3) is 0 Å². The molecule has 94 valence electrons. The molecule has 7 heteroatoms. The van der Waals surface area contributed by atoms with Crippen LogP contribution in [0, 0.1) is 11.6 Å². The van der Waals surface area contributed by atoms with Crippen LogP contribution in [-0.2, 0) is 4.79 Å². The molecule has 5 nitrogen and oxygen atoms in total. The average molecular weight is 247 g/mol. The maximum absolute atomic E-state index is 13.5. The molecule has 0 bridgehead atoms. The summed E-state index contributed by atoms with van der Waals surface area (Å²) in [5.41, 5.74) is 4.68. The molecular formula is C10H11F2NO4. The number of methoxy groups -OCH3 is 2. The fourth-order valence-corrected chi connectivity index (χ4v) is 1.37. The Bertz CT molecular complexity index is 450. The maximum atomic E-state index is 13.5. The van der Waals surface area contributed by atoms with Crippen LogP contribution in [0.3, 0.4) is 0 Å². The summed E-state index contributed by atoms with van der Waals surface area (Å²) in [6.07, 6.45) is 0. The van der Waals surface area contributed by atoms with Crippen LogP contribution in [0.4, 0.5) is 8.78 Å². The number of hydrogen-bond donors (Lipinski definition) is 2. The topological polar surface area (TPSA) is 81.8 Å². The summed E-state index contributed by atoms with van der Waals surface area (Å²) < 4.78 is 36.3. The number of carboxylic acids is 1. The van der Waals surface area contributed by atoms with E-state index in [0.29, 0.717) is 0 Å². The Morgan fingerprint density at radius 2 is 2.00 bits per heavy atom. The number of carboxylic acid groups (broad SMARTS) is 1. The van der Waals surface area contributed by atoms with Gasteiger partial charge in [0.25, 0.3) is 0 Å². The predicted molar refractivity (Wildman–Crippen MR) is 54.0 cm³/mol. The zero-order chi connectivity index (χ0) is 13.2. The zero-order valence-electron chi connectivity index (χ0n) is 9.16. The first-order valence-corrected chi connectivity index (χ1v) is 4.52. The molecule has 1 atom stereocenters. The minimum atomic E-state index is -1.74. The standard InChI is InChI=1S/C10H11F2NO4/c1-16-5-3-4(11)7(12)6(9(5)17-2)8(13)10(14)15/h3,8H,13H2,1-2H3,(H,14,15). The van der Waals surface area contributed by atoms with E-state index >= 15 is 0 Å². The molecular weight excluding hydrogens is 236 g/mol. The average Bonchev–Trinajstić information content (AvgIpc) is 2.30. The molecule has 0 saturated carbocycles. The summed E-state index contributed by atoms with van der Waals surface area (Å²) in [4.78, 5) is 10.7. The Morgan fingerprint density at radius 3 is 2.41 bits per heavy atom. The molecule has 0 aliphatic rings. The normalized spacial score (nSPS) is 12.1. The lowest BCUT2D eigenvalue weighted by atomic mass is 10.0. The highest BCUT2D eigenvalue weighted by molar-refractivity contribution is 5.77. The minimum absolute atomic E-state index is 0.127. The van der Waals surface area contributed by atoms with E-state index in [0.717, 1.165) is 6.07 Å². The van der Waals surface area contributed by atoms with Crippen molar-refractivity contribution in [3.63, 3.8) is 0 Å². The predicted octanol–water partition coefficient (Wildman–Crippen LogP) is 1.07. The molecule has 1 unspecified atom stereocenters. The van der Waals surface area contributed by atoms with Crippen LogP contribution in [0.2, 0.25) is 0 Å². The van der Waals surface area contributed by atoms with E-state index in [1.54, 1.807) is 0 Å². The Hall–Kier alpha value is -1.89. The van der Waals surface area contributed by atoms with Crippen molar-refractivity contribution in [1.82, 2.24) is 0 Å². The van der Waals surface area contributed by atoms with Gasteiger partial charge in [0.2, 0.25) is 0 Å². The van der Waals surface area contributed by atoms with E-state index in [1.165, 1.54) is 14.2 Å². The molecule has 0 aromatic heterocycles. The third-order valence-corrected chi connectivity index (χ3v) is 2.17. The third kappa shape index (κ3) is 2.28. The van der Waals surface area contributed by atoms with Crippen LogP contribution in [0.1, 0.15) is 11.6 Å². The highest BCUT2D eigenvalue weighted by Gasteiger charge is 2.28. The van der Waals surface area contributed by atoms with Gasteiger partial charge in [0.1, 0.15) is 6.04 Å². The second-order valence-electron chi connectivity index (χ2n) is 3.14. The van der Waals surface area contributed by atoms with Crippen molar-refractivity contribution in [2.24, 2.45) is 5.73 Å². The van der Waals surface area contributed by atoms with E-state index in [1.807, 2.05) is 0 Å². The molecule has 17 heavy (non-hydrogen) atoms. The molecule has 0 spiro atoms. The molecule has 1 aromatic carbocycles. The Labute approximate surface area is 95.7 Å². The highest BCUT2D eigenvalue weighted by Crippen LogP contribution is 2.37. The molecule has 3 N–H and O–H groups in total. The van der Waals surface area contributed by atoms with Crippen molar-refractivity contribution in [1.29, 1.82) is 0 Å². The van der Waals surface area contributed by atoms with E-state index in [-0.39, 0.29) is 11.5 Å². The molecule has 0 saturated heterocycles. The number of benzene rings is 1. The molecule has 1 rings (SSSR count). The lowest BCUT2D eigenvalue weighted by molar-refractivity contribution is -0.138. The van der Waals surface area contributed by atoms with Crippen LogP contribution >= 0.6 is 0 Å². The van der Waals surface area contributed by atoms with E-state index in [4.69, 9.17) is 20.3 Å². The van der Waals surface area contributed by atoms with Gasteiger partial charge in [-0.3, -0.25) is 4.79 Å². The molecule has 0 aliphatic heterocycles. The fourth-order valence-electron chi connectivity index (χ4n) is 1.37. The first-order valence-electron chi connectivity index (χ1n) is 4.52. The summed E-state index contributed by atoms with van der Waals surface area (Å²) in [6.45, 7) is 0. The van der Waals surface area contributed by atoms with Crippen LogP contribution in [0.5, 0.6) is 11.5 Å².